The zero-order valence-electron chi connectivity index (χ0n) is 11.4. The third-order valence-electron chi connectivity index (χ3n) is 3.45. The van der Waals surface area contributed by atoms with Crippen molar-refractivity contribution in [2.75, 3.05) is 0 Å². The molecule has 0 radical (unpaired) electrons. The predicted molar refractivity (Wildman–Crippen MR) is 81.0 cm³/mol. The van der Waals surface area contributed by atoms with Crippen LogP contribution in [-0.4, -0.2) is 9.13 Å². The van der Waals surface area contributed by atoms with E-state index in [4.69, 9.17) is 23.2 Å². The molecule has 0 spiro atoms. The van der Waals surface area contributed by atoms with Crippen molar-refractivity contribution in [1.29, 1.82) is 0 Å². The van der Waals surface area contributed by atoms with Crippen LogP contribution in [0.3, 0.4) is 0 Å². The van der Waals surface area contributed by atoms with Crippen molar-refractivity contribution in [3.05, 3.63) is 65.9 Å². The Hall–Kier alpha value is -1.52. The number of rotatable bonds is 2. The molecule has 2 aromatic rings. The molecule has 6 heteroatoms. The molecule has 20 heavy (non-hydrogen) atoms. The number of halogens is 2. The average molecular weight is 313 g/mol. The summed E-state index contributed by atoms with van der Waals surface area (Å²) in [5.41, 5.74) is 1.36. The normalized spacial score (nSPS) is 10.8. The minimum Gasteiger partial charge on any atom is -0.301 e. The second-order valence-electron chi connectivity index (χ2n) is 4.69. The first-order valence-electron chi connectivity index (χ1n) is 6.04. The molecule has 0 aliphatic carbocycles. The van der Waals surface area contributed by atoms with Crippen LogP contribution in [0.5, 0.6) is 0 Å². The van der Waals surface area contributed by atoms with Gasteiger partial charge >= 0.3 is 5.69 Å². The molecule has 0 N–H and O–H groups in total. The maximum Gasteiger partial charge on any atom is 0.331 e. The second-order valence-corrected chi connectivity index (χ2v) is 5.51. The molecule has 0 bridgehead atoms. The highest BCUT2D eigenvalue weighted by Crippen LogP contribution is 2.22. The molecule has 106 valence electrons. The molecular weight excluding hydrogens is 299 g/mol. The van der Waals surface area contributed by atoms with Crippen molar-refractivity contribution >= 4 is 23.2 Å². The van der Waals surface area contributed by atoms with Gasteiger partial charge in [0.2, 0.25) is 0 Å². The summed E-state index contributed by atoms with van der Waals surface area (Å²) in [6.07, 6.45) is 0. The van der Waals surface area contributed by atoms with Gasteiger partial charge in [-0.15, -0.1) is 0 Å². The summed E-state index contributed by atoms with van der Waals surface area (Å²) in [6.45, 7) is 3.63. The Kier molecular flexibility index (Phi) is 4.06. The van der Waals surface area contributed by atoms with Crippen LogP contribution >= 0.6 is 23.2 Å². The van der Waals surface area contributed by atoms with Crippen LogP contribution in [-0.2, 0) is 13.6 Å². The lowest BCUT2D eigenvalue weighted by Gasteiger charge is -2.12. The summed E-state index contributed by atoms with van der Waals surface area (Å²) in [5, 5.41) is 0.841. The van der Waals surface area contributed by atoms with E-state index in [0.717, 1.165) is 5.56 Å². The van der Waals surface area contributed by atoms with Crippen molar-refractivity contribution in [2.24, 2.45) is 7.05 Å². The highest BCUT2D eigenvalue weighted by Gasteiger charge is 2.11. The summed E-state index contributed by atoms with van der Waals surface area (Å²) >= 11 is 11.8. The Morgan fingerprint density at radius 1 is 1.10 bits per heavy atom. The molecule has 0 fully saturated rings. The van der Waals surface area contributed by atoms with Crippen LogP contribution in [0.15, 0.2) is 27.8 Å². The van der Waals surface area contributed by atoms with Gasteiger partial charge in [-0.2, -0.15) is 0 Å². The minimum absolute atomic E-state index is 0.170. The maximum atomic E-state index is 12.2. The van der Waals surface area contributed by atoms with E-state index in [9.17, 15) is 9.59 Å². The molecule has 2 rings (SSSR count). The lowest BCUT2D eigenvalue weighted by Crippen LogP contribution is -2.41. The van der Waals surface area contributed by atoms with Crippen molar-refractivity contribution in [3.8, 4) is 0 Å². The summed E-state index contributed by atoms with van der Waals surface area (Å²) in [7, 11) is 1.65. The molecular formula is C14H14Cl2N2O2. The molecule has 0 aliphatic rings. The molecule has 0 unspecified atom stereocenters. The molecule has 0 saturated heterocycles. The van der Waals surface area contributed by atoms with E-state index in [1.165, 1.54) is 9.13 Å². The summed E-state index contributed by atoms with van der Waals surface area (Å²) in [4.78, 5) is 24.4. The summed E-state index contributed by atoms with van der Waals surface area (Å²) in [5.74, 6) is 0. The largest absolute Gasteiger partial charge is 0.331 e. The molecule has 1 aromatic heterocycles. The first-order valence-corrected chi connectivity index (χ1v) is 6.79. The van der Waals surface area contributed by atoms with Gasteiger partial charge in [0.1, 0.15) is 0 Å². The van der Waals surface area contributed by atoms with Gasteiger partial charge in [0.25, 0.3) is 5.56 Å². The Morgan fingerprint density at radius 2 is 1.75 bits per heavy atom. The molecule has 0 amide bonds. The fraction of sp³-hybridized carbons (Fsp3) is 0.286. The maximum absolute atomic E-state index is 12.2. The standard InChI is InChI=1S/C14H14Cl2N2O2/c1-8-9(2)17(3)14(20)18(13(8)19)7-10-4-5-11(15)12(16)6-10/h4-6H,7H2,1-3H3. The van der Waals surface area contributed by atoms with Crippen LogP contribution in [0.1, 0.15) is 16.8 Å². The predicted octanol–water partition coefficient (Wildman–Crippen LogP) is 2.52. The van der Waals surface area contributed by atoms with Gasteiger partial charge in [0.05, 0.1) is 16.6 Å². The fourth-order valence-electron chi connectivity index (χ4n) is 1.98. The van der Waals surface area contributed by atoms with E-state index in [0.29, 0.717) is 21.3 Å². The number of hydrogen-bond donors (Lipinski definition) is 0. The molecule has 0 saturated carbocycles. The van der Waals surface area contributed by atoms with Gasteiger partial charge in [0.15, 0.2) is 0 Å². The van der Waals surface area contributed by atoms with E-state index in [2.05, 4.69) is 0 Å². The van der Waals surface area contributed by atoms with Crippen molar-refractivity contribution in [3.63, 3.8) is 0 Å². The van der Waals surface area contributed by atoms with E-state index in [1.807, 2.05) is 0 Å². The van der Waals surface area contributed by atoms with Gasteiger partial charge < -0.3 is 4.57 Å². The molecule has 1 aromatic carbocycles. The Labute approximate surface area is 126 Å². The molecule has 0 atom stereocenters. The highest BCUT2D eigenvalue weighted by atomic mass is 35.5. The van der Waals surface area contributed by atoms with Gasteiger partial charge in [-0.1, -0.05) is 29.3 Å². The van der Waals surface area contributed by atoms with Crippen LogP contribution in [0.2, 0.25) is 10.0 Å². The zero-order valence-corrected chi connectivity index (χ0v) is 12.9. The van der Waals surface area contributed by atoms with E-state index >= 15 is 0 Å². The van der Waals surface area contributed by atoms with Gasteiger partial charge in [-0.3, -0.25) is 9.36 Å². The van der Waals surface area contributed by atoms with Crippen LogP contribution < -0.4 is 11.2 Å². The third-order valence-corrected chi connectivity index (χ3v) is 4.19. The summed E-state index contributed by atoms with van der Waals surface area (Å²) in [6, 6.07) is 5.05. The van der Waals surface area contributed by atoms with E-state index in [-0.39, 0.29) is 17.8 Å². The van der Waals surface area contributed by atoms with Gasteiger partial charge in [-0.05, 0) is 31.5 Å². The fourth-order valence-corrected chi connectivity index (χ4v) is 2.30. The smallest absolute Gasteiger partial charge is 0.301 e. The number of aromatic nitrogens is 2. The van der Waals surface area contributed by atoms with Gasteiger partial charge in [-0.25, -0.2) is 4.79 Å². The number of nitrogens with zero attached hydrogens (tertiary/aromatic N) is 2. The Bertz CT molecular complexity index is 754. The molecule has 0 aliphatic heterocycles. The molecule has 4 nitrogen and oxygen atoms in total. The van der Waals surface area contributed by atoms with E-state index < -0.39 is 0 Å². The van der Waals surface area contributed by atoms with Crippen LogP contribution in [0, 0.1) is 13.8 Å². The first-order chi connectivity index (χ1) is 9.32. The third kappa shape index (κ3) is 2.53. The monoisotopic (exact) mass is 312 g/mol. The average Bonchev–Trinajstić information content (AvgIpc) is 2.43. The van der Waals surface area contributed by atoms with Crippen molar-refractivity contribution in [1.82, 2.24) is 9.13 Å². The lowest BCUT2D eigenvalue weighted by molar-refractivity contribution is 0.619. The SMILES string of the molecule is Cc1c(C)n(C)c(=O)n(Cc2ccc(Cl)c(Cl)c2)c1=O. The van der Waals surface area contributed by atoms with Crippen molar-refractivity contribution < 1.29 is 0 Å². The topological polar surface area (TPSA) is 44.0 Å². The Morgan fingerprint density at radius 3 is 2.35 bits per heavy atom. The van der Waals surface area contributed by atoms with Crippen LogP contribution in [0.4, 0.5) is 0 Å². The second kappa shape index (κ2) is 5.46. The molecule has 1 heterocycles. The van der Waals surface area contributed by atoms with Crippen molar-refractivity contribution in [2.45, 2.75) is 20.4 Å². The number of benzene rings is 1. The van der Waals surface area contributed by atoms with E-state index in [1.54, 1.807) is 39.1 Å². The van der Waals surface area contributed by atoms with Crippen LogP contribution in [0.25, 0.3) is 0 Å². The number of hydrogen-bond acceptors (Lipinski definition) is 2. The lowest BCUT2D eigenvalue weighted by atomic mass is 10.2. The zero-order chi connectivity index (χ0) is 15.0. The Balaban J connectivity index is 2.57. The highest BCUT2D eigenvalue weighted by molar-refractivity contribution is 6.42. The first kappa shape index (κ1) is 14.9. The van der Waals surface area contributed by atoms with Gasteiger partial charge in [0, 0.05) is 18.3 Å². The minimum atomic E-state index is -0.343. The quantitative estimate of drug-likeness (QED) is 0.855. The summed E-state index contributed by atoms with van der Waals surface area (Å²) < 4.78 is 2.66.